The molecule has 0 radical (unpaired) electrons. The highest BCUT2D eigenvalue weighted by Crippen LogP contribution is 2.40. The van der Waals surface area contributed by atoms with Crippen molar-refractivity contribution in [2.45, 2.75) is 27.2 Å². The predicted octanol–water partition coefficient (Wildman–Crippen LogP) is 4.49. The predicted molar refractivity (Wildman–Crippen MR) is 118 cm³/mol. The van der Waals surface area contributed by atoms with Crippen LogP contribution >= 0.6 is 0 Å². The van der Waals surface area contributed by atoms with Gasteiger partial charge in [0.25, 0.3) is 11.8 Å². The Morgan fingerprint density at radius 3 is 2.26 bits per heavy atom. The highest BCUT2D eigenvalue weighted by molar-refractivity contribution is 6.45. The smallest absolute Gasteiger partial charge is 0.282 e. The molecule has 0 bridgehead atoms. The van der Waals surface area contributed by atoms with Crippen LogP contribution in [0.1, 0.15) is 32.8 Å². The van der Waals surface area contributed by atoms with Crippen molar-refractivity contribution in [1.82, 2.24) is 4.90 Å². The van der Waals surface area contributed by atoms with Gasteiger partial charge in [-0.25, -0.2) is 9.29 Å². The highest BCUT2D eigenvalue weighted by atomic mass is 19.1. The van der Waals surface area contributed by atoms with Crippen molar-refractivity contribution in [2.24, 2.45) is 11.8 Å². The number of hydrogen-bond acceptors (Lipinski definition) is 4. The minimum atomic E-state index is -0.412. The van der Waals surface area contributed by atoms with Gasteiger partial charge in [-0.15, -0.1) is 0 Å². The number of benzene rings is 2. The number of carbonyl (C=O) groups excluding carboxylic acids is 2. The number of anilines is 1. The van der Waals surface area contributed by atoms with Gasteiger partial charge in [0, 0.05) is 13.1 Å². The lowest BCUT2D eigenvalue weighted by Crippen LogP contribution is -2.42. The van der Waals surface area contributed by atoms with Crippen LogP contribution < -0.4 is 9.64 Å². The summed E-state index contributed by atoms with van der Waals surface area (Å²) >= 11 is 0. The first-order valence-electron chi connectivity index (χ1n) is 10.8. The molecule has 0 aromatic heterocycles. The Bertz CT molecular complexity index is 1020. The van der Waals surface area contributed by atoms with Crippen LogP contribution in [0.25, 0.3) is 5.57 Å². The number of imide groups is 1. The van der Waals surface area contributed by atoms with E-state index in [2.05, 4.69) is 13.8 Å². The van der Waals surface area contributed by atoms with E-state index in [4.69, 9.17) is 4.74 Å². The van der Waals surface area contributed by atoms with Gasteiger partial charge in [0.05, 0.1) is 17.9 Å². The van der Waals surface area contributed by atoms with Crippen LogP contribution in [0.15, 0.2) is 54.2 Å². The third-order valence-electron chi connectivity index (χ3n) is 5.78. The molecule has 5 nitrogen and oxygen atoms in total. The van der Waals surface area contributed by atoms with Crippen molar-refractivity contribution < 1.29 is 18.7 Å². The van der Waals surface area contributed by atoms with Gasteiger partial charge in [-0.2, -0.15) is 0 Å². The van der Waals surface area contributed by atoms with Gasteiger partial charge in [0.15, 0.2) is 0 Å². The van der Waals surface area contributed by atoms with Gasteiger partial charge in [-0.3, -0.25) is 9.59 Å². The average molecular weight is 423 g/mol. The molecule has 162 valence electrons. The molecule has 2 atom stereocenters. The molecule has 1 saturated heterocycles. The van der Waals surface area contributed by atoms with Gasteiger partial charge in [0.2, 0.25) is 0 Å². The summed E-state index contributed by atoms with van der Waals surface area (Å²) in [4.78, 5) is 30.6. The largest absolute Gasteiger partial charge is 0.492 e. The van der Waals surface area contributed by atoms with Crippen LogP contribution in [-0.2, 0) is 9.59 Å². The third kappa shape index (κ3) is 3.94. The summed E-state index contributed by atoms with van der Waals surface area (Å²) < 4.78 is 19.3. The first-order valence-corrected chi connectivity index (χ1v) is 10.8. The molecule has 4 rings (SSSR count). The molecule has 2 aliphatic heterocycles. The van der Waals surface area contributed by atoms with E-state index in [1.807, 2.05) is 17.9 Å². The molecular weight excluding hydrogens is 395 g/mol. The highest BCUT2D eigenvalue weighted by Gasteiger charge is 2.44. The van der Waals surface area contributed by atoms with E-state index < -0.39 is 5.91 Å². The number of amides is 2. The molecule has 0 spiro atoms. The fraction of sp³-hybridized carbons (Fsp3) is 0.360. The average Bonchev–Trinajstić information content (AvgIpc) is 2.99. The summed E-state index contributed by atoms with van der Waals surface area (Å²) in [6.07, 6.45) is 1.08. The number of piperidine rings is 1. The normalized spacial score (nSPS) is 21.8. The molecule has 0 N–H and O–H groups in total. The SMILES string of the molecule is CCOc1ccccc1N1C(=O)C(c2ccc(F)cc2)=C(N2CC(C)CC(C)C2)C1=O. The molecule has 1 fully saturated rings. The van der Waals surface area contributed by atoms with Gasteiger partial charge in [-0.05, 0) is 55.0 Å². The van der Waals surface area contributed by atoms with E-state index in [9.17, 15) is 14.0 Å². The fourth-order valence-corrected chi connectivity index (χ4v) is 4.67. The zero-order valence-corrected chi connectivity index (χ0v) is 18.1. The van der Waals surface area contributed by atoms with Crippen molar-refractivity contribution in [3.8, 4) is 5.75 Å². The fourth-order valence-electron chi connectivity index (χ4n) is 4.67. The lowest BCUT2D eigenvalue weighted by Gasteiger charge is -2.37. The van der Waals surface area contributed by atoms with Crippen LogP contribution in [0.4, 0.5) is 10.1 Å². The van der Waals surface area contributed by atoms with Gasteiger partial charge >= 0.3 is 0 Å². The molecule has 2 unspecified atom stereocenters. The first kappa shape index (κ1) is 21.1. The number of hydrogen-bond donors (Lipinski definition) is 0. The Morgan fingerprint density at radius 2 is 1.61 bits per heavy atom. The molecule has 0 saturated carbocycles. The number of para-hydroxylation sites is 2. The summed E-state index contributed by atoms with van der Waals surface area (Å²) in [6.45, 7) is 7.98. The van der Waals surface area contributed by atoms with Crippen molar-refractivity contribution in [2.75, 3.05) is 24.6 Å². The van der Waals surface area contributed by atoms with Crippen LogP contribution in [0, 0.1) is 17.7 Å². The maximum atomic E-state index is 13.7. The summed E-state index contributed by atoms with van der Waals surface area (Å²) in [7, 11) is 0. The van der Waals surface area contributed by atoms with Crippen molar-refractivity contribution in [3.63, 3.8) is 0 Å². The lowest BCUT2D eigenvalue weighted by molar-refractivity contribution is -0.120. The molecule has 2 amide bonds. The number of halogens is 1. The molecule has 0 aliphatic carbocycles. The lowest BCUT2D eigenvalue weighted by atomic mass is 9.91. The number of likely N-dealkylation sites (tertiary alicyclic amines) is 1. The third-order valence-corrected chi connectivity index (χ3v) is 5.78. The van der Waals surface area contributed by atoms with E-state index >= 15 is 0 Å². The van der Waals surface area contributed by atoms with Gasteiger partial charge in [0.1, 0.15) is 17.3 Å². The quantitative estimate of drug-likeness (QED) is 0.667. The van der Waals surface area contributed by atoms with Crippen LogP contribution in [-0.4, -0.2) is 36.4 Å². The minimum absolute atomic E-state index is 0.317. The van der Waals surface area contributed by atoms with Crippen LogP contribution in [0.3, 0.4) is 0 Å². The van der Waals surface area contributed by atoms with Crippen molar-refractivity contribution in [1.29, 1.82) is 0 Å². The Kier molecular flexibility index (Phi) is 5.81. The molecule has 2 aliphatic rings. The maximum absolute atomic E-state index is 13.7. The molecular formula is C25H27FN2O3. The minimum Gasteiger partial charge on any atom is -0.492 e. The van der Waals surface area contributed by atoms with Gasteiger partial charge in [-0.1, -0.05) is 38.1 Å². The monoisotopic (exact) mass is 422 g/mol. The zero-order valence-electron chi connectivity index (χ0n) is 18.1. The standard InChI is InChI=1S/C25H27FN2O3/c1-4-31-21-8-6-5-7-20(21)28-24(29)22(18-9-11-19(26)12-10-18)23(25(28)30)27-14-16(2)13-17(3)15-27/h5-12,16-17H,4,13-15H2,1-3H3. The second-order valence-electron chi connectivity index (χ2n) is 8.43. The van der Waals surface area contributed by atoms with E-state index in [-0.39, 0.29) is 11.7 Å². The van der Waals surface area contributed by atoms with E-state index in [0.717, 1.165) is 6.42 Å². The number of rotatable bonds is 5. The summed E-state index contributed by atoms with van der Waals surface area (Å²) in [5.41, 5.74) is 1.67. The second kappa shape index (κ2) is 8.53. The Balaban J connectivity index is 1.84. The zero-order chi connectivity index (χ0) is 22.1. The van der Waals surface area contributed by atoms with Crippen LogP contribution in [0.2, 0.25) is 0 Å². The number of nitrogens with zero attached hydrogens (tertiary/aromatic N) is 2. The Labute approximate surface area is 182 Å². The molecule has 2 heterocycles. The van der Waals surface area contributed by atoms with Crippen molar-refractivity contribution >= 4 is 23.1 Å². The maximum Gasteiger partial charge on any atom is 0.282 e. The molecule has 2 aromatic carbocycles. The second-order valence-corrected chi connectivity index (χ2v) is 8.43. The molecule has 2 aromatic rings. The van der Waals surface area contributed by atoms with Crippen LogP contribution in [0.5, 0.6) is 5.75 Å². The van der Waals surface area contributed by atoms with E-state index in [1.165, 1.54) is 17.0 Å². The van der Waals surface area contributed by atoms with E-state index in [0.29, 0.717) is 59.8 Å². The summed E-state index contributed by atoms with van der Waals surface area (Å²) in [5.74, 6) is 0.118. The Hall–Kier alpha value is -3.15. The first-order chi connectivity index (χ1) is 14.9. The van der Waals surface area contributed by atoms with E-state index in [1.54, 1.807) is 30.3 Å². The van der Waals surface area contributed by atoms with Crippen molar-refractivity contribution in [3.05, 3.63) is 65.6 Å². The molecule has 6 heteroatoms. The Morgan fingerprint density at radius 1 is 0.968 bits per heavy atom. The summed E-state index contributed by atoms with van der Waals surface area (Å²) in [5, 5.41) is 0. The number of ether oxygens (including phenoxy) is 1. The summed E-state index contributed by atoms with van der Waals surface area (Å²) in [6, 6.07) is 12.8. The molecule has 31 heavy (non-hydrogen) atoms. The topological polar surface area (TPSA) is 49.9 Å². The van der Waals surface area contributed by atoms with Gasteiger partial charge < -0.3 is 9.64 Å². The number of carbonyl (C=O) groups is 2.